The zero-order chi connectivity index (χ0) is 27.3. The highest BCUT2D eigenvalue weighted by molar-refractivity contribution is 6.17. The molecular weight excluding hydrogens is 496 g/mol. The van der Waals surface area contributed by atoms with Crippen molar-refractivity contribution in [3.63, 3.8) is 0 Å². The van der Waals surface area contributed by atoms with Gasteiger partial charge in [-0.25, -0.2) is 19.2 Å². The third kappa shape index (κ3) is 4.02. The molecule has 0 spiro atoms. The van der Waals surface area contributed by atoms with Gasteiger partial charge in [0, 0.05) is 0 Å². The molecule has 2 N–H and O–H groups in total. The van der Waals surface area contributed by atoms with E-state index >= 15 is 0 Å². The van der Waals surface area contributed by atoms with Crippen molar-refractivity contribution >= 4 is 67.0 Å². The fraction of sp³-hybridized carbons (Fsp3) is 0. The van der Waals surface area contributed by atoms with Crippen LogP contribution in [0.3, 0.4) is 0 Å². The first kappa shape index (κ1) is 23.8. The molecule has 7 nitrogen and oxygen atoms in total. The summed E-state index contributed by atoms with van der Waals surface area (Å²) < 4.78 is 5.31. The molecule has 0 fully saturated rings. The molecule has 0 saturated carbocycles. The Hall–Kier alpha value is -5.56. The molecule has 188 valence electrons. The lowest BCUT2D eigenvalue weighted by molar-refractivity contribution is 0.0399. The van der Waals surface area contributed by atoms with Gasteiger partial charge in [0.2, 0.25) is 0 Å². The smallest absolute Gasteiger partial charge is 0.346 e. The highest BCUT2D eigenvalue weighted by Gasteiger charge is 2.21. The minimum absolute atomic E-state index is 0.0948. The Morgan fingerprint density at radius 1 is 0.436 bits per heavy atom. The summed E-state index contributed by atoms with van der Waals surface area (Å²) in [6.07, 6.45) is 0. The van der Waals surface area contributed by atoms with Gasteiger partial charge >= 0.3 is 23.9 Å². The van der Waals surface area contributed by atoms with Crippen LogP contribution < -0.4 is 0 Å². The molecule has 6 aromatic carbocycles. The SMILES string of the molecule is O=C(O)c1cccc2cc3cccc(C(=O)OC(=O)c4cccc5cc6cccc(C(=O)O)c6cc45)c3cc12. The molecule has 0 aromatic heterocycles. The van der Waals surface area contributed by atoms with Crippen molar-refractivity contribution in [1.29, 1.82) is 0 Å². The van der Waals surface area contributed by atoms with E-state index in [1.54, 1.807) is 72.8 Å². The molecule has 0 unspecified atom stereocenters. The number of carbonyl (C=O) groups excluding carboxylic acids is 2. The Morgan fingerprint density at radius 3 is 1.08 bits per heavy atom. The number of carboxylic acids is 2. The number of hydrogen-bond donors (Lipinski definition) is 2. The molecule has 0 amide bonds. The molecule has 0 saturated heterocycles. The van der Waals surface area contributed by atoms with Gasteiger partial charge in [-0.1, -0.05) is 48.5 Å². The number of fused-ring (bicyclic) bond motifs is 4. The second-order valence-electron chi connectivity index (χ2n) is 9.10. The van der Waals surface area contributed by atoms with E-state index in [4.69, 9.17) is 4.74 Å². The van der Waals surface area contributed by atoms with Gasteiger partial charge in [0.25, 0.3) is 0 Å². The summed E-state index contributed by atoms with van der Waals surface area (Å²) in [7, 11) is 0. The largest absolute Gasteiger partial charge is 0.478 e. The molecule has 6 rings (SSSR count). The predicted octanol–water partition coefficient (Wildman–Crippen LogP) is 6.69. The number of hydrogen-bond acceptors (Lipinski definition) is 5. The van der Waals surface area contributed by atoms with Crippen molar-refractivity contribution in [2.75, 3.05) is 0 Å². The number of carboxylic acid groups (broad SMARTS) is 2. The van der Waals surface area contributed by atoms with Gasteiger partial charge in [-0.3, -0.25) is 0 Å². The number of ether oxygens (including phenoxy) is 1. The Morgan fingerprint density at radius 2 is 0.744 bits per heavy atom. The van der Waals surface area contributed by atoms with Crippen molar-refractivity contribution in [2.24, 2.45) is 0 Å². The Bertz CT molecular complexity index is 1890. The van der Waals surface area contributed by atoms with E-state index in [0.717, 1.165) is 0 Å². The van der Waals surface area contributed by atoms with Gasteiger partial charge < -0.3 is 14.9 Å². The van der Waals surface area contributed by atoms with Gasteiger partial charge in [-0.05, 0) is 91.6 Å². The summed E-state index contributed by atoms with van der Waals surface area (Å²) in [6, 6.07) is 26.6. The maximum atomic E-state index is 13.3. The summed E-state index contributed by atoms with van der Waals surface area (Å²) in [5.41, 5.74) is 0.415. The Labute approximate surface area is 220 Å². The standard InChI is InChI=1S/C32H18O7/c33-29(34)21-9-1-5-17-13-19-7-3-11-23(27(19)15-25(17)21)31(37)39-32(38)24-12-4-8-20-14-18-6-2-10-22(30(35)36)26(18)16-28(20)24/h1-16H,(H,33,34)(H,35,36). The van der Waals surface area contributed by atoms with Gasteiger partial charge in [-0.15, -0.1) is 0 Å². The molecule has 0 aliphatic carbocycles. The maximum absolute atomic E-state index is 13.3. The van der Waals surface area contributed by atoms with E-state index in [-0.39, 0.29) is 22.3 Å². The van der Waals surface area contributed by atoms with Gasteiger partial charge in [0.05, 0.1) is 22.3 Å². The Kier molecular flexibility index (Phi) is 5.54. The fourth-order valence-corrected chi connectivity index (χ4v) is 5.03. The van der Waals surface area contributed by atoms with Crippen LogP contribution in [0, 0.1) is 0 Å². The molecule has 0 aliphatic rings. The van der Waals surface area contributed by atoms with Crippen LogP contribution in [0.1, 0.15) is 41.4 Å². The second kappa shape index (κ2) is 9.08. The van der Waals surface area contributed by atoms with Crippen LogP contribution >= 0.6 is 0 Å². The summed E-state index contributed by atoms with van der Waals surface area (Å²) >= 11 is 0. The van der Waals surface area contributed by atoms with Crippen LogP contribution in [0.2, 0.25) is 0 Å². The minimum Gasteiger partial charge on any atom is -0.478 e. The van der Waals surface area contributed by atoms with E-state index in [2.05, 4.69) is 0 Å². The topological polar surface area (TPSA) is 118 Å². The monoisotopic (exact) mass is 514 g/mol. The van der Waals surface area contributed by atoms with E-state index < -0.39 is 23.9 Å². The molecule has 0 heterocycles. The maximum Gasteiger partial charge on any atom is 0.346 e. The second-order valence-corrected chi connectivity index (χ2v) is 9.10. The van der Waals surface area contributed by atoms with Crippen LogP contribution in [0.5, 0.6) is 0 Å². The zero-order valence-corrected chi connectivity index (χ0v) is 20.2. The summed E-state index contributed by atoms with van der Waals surface area (Å²) in [6.45, 7) is 0. The van der Waals surface area contributed by atoms with Crippen LogP contribution in [-0.2, 0) is 4.74 Å². The highest BCUT2D eigenvalue weighted by atomic mass is 16.6. The minimum atomic E-state index is -1.09. The molecule has 6 aromatic rings. The van der Waals surface area contributed by atoms with Crippen molar-refractivity contribution in [2.45, 2.75) is 0 Å². The lowest BCUT2D eigenvalue weighted by Crippen LogP contribution is -2.13. The van der Waals surface area contributed by atoms with Crippen LogP contribution in [0.25, 0.3) is 43.1 Å². The van der Waals surface area contributed by atoms with Crippen LogP contribution in [-0.4, -0.2) is 34.1 Å². The molecule has 39 heavy (non-hydrogen) atoms. The van der Waals surface area contributed by atoms with E-state index in [1.807, 2.05) is 0 Å². The Balaban J connectivity index is 1.43. The first-order chi connectivity index (χ1) is 18.8. The normalized spacial score (nSPS) is 11.2. The van der Waals surface area contributed by atoms with Crippen LogP contribution in [0.15, 0.2) is 97.1 Å². The van der Waals surface area contributed by atoms with E-state index in [0.29, 0.717) is 43.1 Å². The van der Waals surface area contributed by atoms with Gasteiger partial charge in [0.1, 0.15) is 0 Å². The molecule has 7 heteroatoms. The summed E-state index contributed by atoms with van der Waals surface area (Å²) in [4.78, 5) is 50.0. The molecule has 0 radical (unpaired) electrons. The van der Waals surface area contributed by atoms with E-state index in [9.17, 15) is 29.4 Å². The van der Waals surface area contributed by atoms with Crippen molar-refractivity contribution < 1.29 is 34.1 Å². The predicted molar refractivity (Wildman–Crippen MR) is 147 cm³/mol. The average molecular weight is 514 g/mol. The lowest BCUT2D eigenvalue weighted by atomic mass is 9.96. The van der Waals surface area contributed by atoms with Crippen molar-refractivity contribution in [3.05, 3.63) is 119 Å². The number of rotatable bonds is 4. The first-order valence-electron chi connectivity index (χ1n) is 12.0. The number of esters is 2. The molecule has 0 aliphatic heterocycles. The molecule has 0 bridgehead atoms. The first-order valence-corrected chi connectivity index (χ1v) is 12.0. The summed E-state index contributed by atoms with van der Waals surface area (Å²) in [5, 5.41) is 23.8. The third-order valence-electron chi connectivity index (χ3n) is 6.84. The summed E-state index contributed by atoms with van der Waals surface area (Å²) in [5.74, 6) is -3.96. The average Bonchev–Trinajstić information content (AvgIpc) is 2.93. The van der Waals surface area contributed by atoms with Crippen LogP contribution in [0.4, 0.5) is 0 Å². The van der Waals surface area contributed by atoms with E-state index in [1.165, 1.54) is 24.3 Å². The number of aromatic carboxylic acids is 2. The lowest BCUT2D eigenvalue weighted by Gasteiger charge is -2.11. The quantitative estimate of drug-likeness (QED) is 0.153. The van der Waals surface area contributed by atoms with Gasteiger partial charge in [-0.2, -0.15) is 0 Å². The third-order valence-corrected chi connectivity index (χ3v) is 6.84. The molecule has 0 atom stereocenters. The van der Waals surface area contributed by atoms with Gasteiger partial charge in [0.15, 0.2) is 0 Å². The zero-order valence-electron chi connectivity index (χ0n) is 20.2. The fourth-order valence-electron chi connectivity index (χ4n) is 5.03. The molecular formula is C32H18O7. The van der Waals surface area contributed by atoms with Crippen molar-refractivity contribution in [3.8, 4) is 0 Å². The van der Waals surface area contributed by atoms with Crippen molar-refractivity contribution in [1.82, 2.24) is 0 Å². The number of benzene rings is 6. The highest BCUT2D eigenvalue weighted by Crippen LogP contribution is 2.30. The number of carbonyl (C=O) groups is 4.